The minimum absolute atomic E-state index is 1.08. The molecule has 0 saturated carbocycles. The highest BCUT2D eigenvalue weighted by atomic mass is 14.0. The Morgan fingerprint density at radius 3 is 2.43 bits per heavy atom. The van der Waals surface area contributed by atoms with E-state index in [1.807, 2.05) is 0 Å². The second-order valence-corrected chi connectivity index (χ2v) is 3.25. The zero-order valence-electron chi connectivity index (χ0n) is 9.03. The highest BCUT2D eigenvalue weighted by Gasteiger charge is 1.94. The Morgan fingerprint density at radius 1 is 1.14 bits per heavy atom. The van der Waals surface area contributed by atoms with E-state index in [1.54, 1.807) is 0 Å². The molecule has 0 fully saturated rings. The van der Waals surface area contributed by atoms with Crippen LogP contribution in [-0.2, 0) is 0 Å². The van der Waals surface area contributed by atoms with Crippen molar-refractivity contribution < 1.29 is 0 Å². The van der Waals surface area contributed by atoms with Crippen LogP contribution in [0.15, 0.2) is 48.6 Å². The van der Waals surface area contributed by atoms with E-state index in [-0.39, 0.29) is 0 Å². The summed E-state index contributed by atoms with van der Waals surface area (Å²) in [5.74, 6) is 0. The Bertz CT molecular complexity index is 304. The fourth-order valence-corrected chi connectivity index (χ4v) is 1.39. The third-order valence-corrected chi connectivity index (χ3v) is 2.19. The van der Waals surface area contributed by atoms with Crippen molar-refractivity contribution >= 4 is 5.57 Å². The van der Waals surface area contributed by atoms with Crippen LogP contribution in [0.4, 0.5) is 0 Å². The van der Waals surface area contributed by atoms with Gasteiger partial charge >= 0.3 is 0 Å². The molecule has 14 heavy (non-hydrogen) atoms. The molecule has 0 nitrogen and oxygen atoms in total. The molecule has 0 radical (unpaired) electrons. The standard InChI is InChI=1S/C14H18/c1-3-5-7-10-13(4-2)14-11-8-6-9-12-14/h5-12H,3-4H2,1-2H3/b7-5-,13-10+. The highest BCUT2D eigenvalue weighted by Crippen LogP contribution is 2.17. The number of allylic oxidation sites excluding steroid dienone is 4. The minimum atomic E-state index is 1.08. The Hall–Kier alpha value is -1.30. The van der Waals surface area contributed by atoms with Crippen molar-refractivity contribution in [2.45, 2.75) is 26.7 Å². The lowest BCUT2D eigenvalue weighted by Gasteiger charge is -2.02. The molecule has 1 rings (SSSR count). The van der Waals surface area contributed by atoms with E-state index in [0.717, 1.165) is 12.8 Å². The van der Waals surface area contributed by atoms with Gasteiger partial charge in [0.25, 0.3) is 0 Å². The van der Waals surface area contributed by atoms with Gasteiger partial charge in [-0.15, -0.1) is 0 Å². The summed E-state index contributed by atoms with van der Waals surface area (Å²) in [5.41, 5.74) is 2.73. The predicted molar refractivity (Wildman–Crippen MR) is 64.1 cm³/mol. The second kappa shape index (κ2) is 6.20. The molecule has 0 N–H and O–H groups in total. The zero-order valence-corrected chi connectivity index (χ0v) is 9.03. The van der Waals surface area contributed by atoms with E-state index in [1.165, 1.54) is 11.1 Å². The summed E-state index contributed by atoms with van der Waals surface area (Å²) in [6, 6.07) is 10.5. The van der Waals surface area contributed by atoms with Gasteiger partial charge < -0.3 is 0 Å². The van der Waals surface area contributed by atoms with Crippen LogP contribution >= 0.6 is 0 Å². The second-order valence-electron chi connectivity index (χ2n) is 3.25. The van der Waals surface area contributed by atoms with Crippen LogP contribution < -0.4 is 0 Å². The Morgan fingerprint density at radius 2 is 1.86 bits per heavy atom. The van der Waals surface area contributed by atoms with Gasteiger partial charge in [0, 0.05) is 0 Å². The molecule has 0 heteroatoms. The van der Waals surface area contributed by atoms with Crippen molar-refractivity contribution in [2.75, 3.05) is 0 Å². The van der Waals surface area contributed by atoms with E-state index in [0.29, 0.717) is 0 Å². The maximum atomic E-state index is 2.21. The summed E-state index contributed by atoms with van der Waals surface area (Å²) in [6.07, 6.45) is 8.71. The molecule has 0 saturated heterocycles. The third kappa shape index (κ3) is 3.21. The Labute approximate surface area is 87.0 Å². The molecule has 1 aromatic carbocycles. The molecule has 0 aromatic heterocycles. The smallest absolute Gasteiger partial charge is 0.0225 e. The van der Waals surface area contributed by atoms with Gasteiger partial charge in [-0.25, -0.2) is 0 Å². The van der Waals surface area contributed by atoms with E-state index < -0.39 is 0 Å². The number of benzene rings is 1. The van der Waals surface area contributed by atoms with Crippen molar-refractivity contribution in [1.82, 2.24) is 0 Å². The van der Waals surface area contributed by atoms with Gasteiger partial charge in [-0.05, 0) is 24.0 Å². The zero-order chi connectivity index (χ0) is 10.2. The van der Waals surface area contributed by atoms with Crippen molar-refractivity contribution in [3.05, 3.63) is 54.1 Å². The van der Waals surface area contributed by atoms with Crippen LogP contribution in [0.25, 0.3) is 5.57 Å². The number of hydrogen-bond acceptors (Lipinski definition) is 0. The first-order chi connectivity index (χ1) is 6.88. The quantitative estimate of drug-likeness (QED) is 0.609. The lowest BCUT2D eigenvalue weighted by molar-refractivity contribution is 1.22. The SMILES string of the molecule is CC/C=C\C=C(/CC)c1ccccc1. The normalized spacial score (nSPS) is 12.3. The number of rotatable bonds is 4. The topological polar surface area (TPSA) is 0 Å². The van der Waals surface area contributed by atoms with Gasteiger partial charge in [-0.1, -0.05) is 62.4 Å². The molecular weight excluding hydrogens is 168 g/mol. The fourth-order valence-electron chi connectivity index (χ4n) is 1.39. The van der Waals surface area contributed by atoms with Crippen LogP contribution in [-0.4, -0.2) is 0 Å². The van der Waals surface area contributed by atoms with Crippen molar-refractivity contribution in [3.63, 3.8) is 0 Å². The molecule has 0 aliphatic carbocycles. The lowest BCUT2D eigenvalue weighted by atomic mass is 10.0. The summed E-state index contributed by atoms with van der Waals surface area (Å²) in [5, 5.41) is 0. The Kier molecular flexibility index (Phi) is 4.77. The van der Waals surface area contributed by atoms with Gasteiger partial charge in [-0.2, -0.15) is 0 Å². The molecular formula is C14H18. The first-order valence-electron chi connectivity index (χ1n) is 5.29. The van der Waals surface area contributed by atoms with Crippen LogP contribution in [0.1, 0.15) is 32.3 Å². The molecule has 74 valence electrons. The van der Waals surface area contributed by atoms with E-state index in [4.69, 9.17) is 0 Å². The maximum absolute atomic E-state index is 2.21. The molecule has 0 spiro atoms. The summed E-state index contributed by atoms with van der Waals surface area (Å²) < 4.78 is 0. The molecule has 0 heterocycles. The maximum Gasteiger partial charge on any atom is -0.0225 e. The summed E-state index contributed by atoms with van der Waals surface area (Å²) in [4.78, 5) is 0. The molecule has 1 aromatic rings. The fraction of sp³-hybridized carbons (Fsp3) is 0.286. The molecule has 0 bridgehead atoms. The third-order valence-electron chi connectivity index (χ3n) is 2.19. The average molecular weight is 186 g/mol. The van der Waals surface area contributed by atoms with Crippen LogP contribution in [0, 0.1) is 0 Å². The van der Waals surface area contributed by atoms with Crippen LogP contribution in [0.3, 0.4) is 0 Å². The lowest BCUT2D eigenvalue weighted by Crippen LogP contribution is -1.80. The van der Waals surface area contributed by atoms with Crippen molar-refractivity contribution in [3.8, 4) is 0 Å². The predicted octanol–water partition coefficient (Wildman–Crippen LogP) is 4.45. The molecule has 0 aliphatic heterocycles. The van der Waals surface area contributed by atoms with Gasteiger partial charge in [-0.3, -0.25) is 0 Å². The first kappa shape index (κ1) is 10.8. The summed E-state index contributed by atoms with van der Waals surface area (Å²) >= 11 is 0. The first-order valence-corrected chi connectivity index (χ1v) is 5.29. The molecule has 0 amide bonds. The minimum Gasteiger partial charge on any atom is -0.0848 e. The highest BCUT2D eigenvalue weighted by molar-refractivity contribution is 5.66. The van der Waals surface area contributed by atoms with Gasteiger partial charge in [0.05, 0.1) is 0 Å². The van der Waals surface area contributed by atoms with Crippen molar-refractivity contribution in [2.24, 2.45) is 0 Å². The van der Waals surface area contributed by atoms with Gasteiger partial charge in [0.2, 0.25) is 0 Å². The monoisotopic (exact) mass is 186 g/mol. The van der Waals surface area contributed by atoms with Crippen molar-refractivity contribution in [1.29, 1.82) is 0 Å². The summed E-state index contributed by atoms with van der Waals surface area (Å²) in [7, 11) is 0. The summed E-state index contributed by atoms with van der Waals surface area (Å²) in [6.45, 7) is 4.34. The number of hydrogen-bond donors (Lipinski definition) is 0. The average Bonchev–Trinajstić information content (AvgIpc) is 2.26. The molecule has 0 atom stereocenters. The van der Waals surface area contributed by atoms with Crippen LogP contribution in [0.2, 0.25) is 0 Å². The Balaban J connectivity index is 2.82. The van der Waals surface area contributed by atoms with Crippen LogP contribution in [0.5, 0.6) is 0 Å². The van der Waals surface area contributed by atoms with E-state index in [9.17, 15) is 0 Å². The van der Waals surface area contributed by atoms with Gasteiger partial charge in [0.15, 0.2) is 0 Å². The van der Waals surface area contributed by atoms with Gasteiger partial charge in [0.1, 0.15) is 0 Å². The van der Waals surface area contributed by atoms with E-state index >= 15 is 0 Å². The molecule has 0 unspecified atom stereocenters. The largest absolute Gasteiger partial charge is 0.0848 e. The molecule has 0 aliphatic rings. The van der Waals surface area contributed by atoms with E-state index in [2.05, 4.69) is 62.4 Å².